The fourth-order valence-corrected chi connectivity index (χ4v) is 2.45. The van der Waals surface area contributed by atoms with E-state index in [0.29, 0.717) is 5.89 Å². The van der Waals surface area contributed by atoms with Gasteiger partial charge in [-0.2, -0.15) is 0 Å². The van der Waals surface area contributed by atoms with Crippen LogP contribution in [0.4, 0.5) is 0 Å². The minimum Gasteiger partial charge on any atom is -0.435 e. The van der Waals surface area contributed by atoms with E-state index in [1.807, 2.05) is 18.2 Å². The maximum atomic E-state index is 5.82. The van der Waals surface area contributed by atoms with E-state index in [9.17, 15) is 0 Å². The highest BCUT2D eigenvalue weighted by molar-refractivity contribution is 9.10. The van der Waals surface area contributed by atoms with Crippen LogP contribution >= 0.6 is 15.9 Å². The van der Waals surface area contributed by atoms with Crippen molar-refractivity contribution in [1.82, 2.24) is 9.97 Å². The lowest BCUT2D eigenvalue weighted by Crippen LogP contribution is -1.83. The van der Waals surface area contributed by atoms with Crippen molar-refractivity contribution in [1.29, 1.82) is 0 Å². The zero-order chi connectivity index (χ0) is 12.7. The lowest BCUT2D eigenvalue weighted by Gasteiger charge is -2.01. The van der Waals surface area contributed by atoms with Gasteiger partial charge in [-0.1, -0.05) is 0 Å². The summed E-state index contributed by atoms with van der Waals surface area (Å²) in [6.45, 7) is 4.13. The maximum Gasteiger partial charge on any atom is 0.228 e. The number of aromatic nitrogens is 2. The van der Waals surface area contributed by atoms with E-state index < -0.39 is 0 Å². The number of nitrogens with zero attached hydrogens (tertiary/aromatic N) is 2. The lowest BCUT2D eigenvalue weighted by molar-refractivity contribution is 0.617. The van der Waals surface area contributed by atoms with Crippen LogP contribution in [0.5, 0.6) is 0 Å². The number of hydrogen-bond donors (Lipinski definition) is 0. The Balaban J connectivity index is 2.27. The van der Waals surface area contributed by atoms with E-state index in [0.717, 1.165) is 21.1 Å². The minimum absolute atomic E-state index is 0.601. The Hall–Kier alpha value is -1.68. The van der Waals surface area contributed by atoms with Gasteiger partial charge in [0.15, 0.2) is 5.58 Å². The molecule has 0 saturated heterocycles. The van der Waals surface area contributed by atoms with Gasteiger partial charge < -0.3 is 4.42 Å². The van der Waals surface area contributed by atoms with Crippen molar-refractivity contribution in [2.45, 2.75) is 13.8 Å². The first-order valence-electron chi connectivity index (χ1n) is 5.63. The van der Waals surface area contributed by atoms with Gasteiger partial charge in [0.05, 0.1) is 10.0 Å². The van der Waals surface area contributed by atoms with Gasteiger partial charge >= 0.3 is 0 Å². The van der Waals surface area contributed by atoms with Gasteiger partial charge in [0, 0.05) is 12.4 Å². The average molecular weight is 303 g/mol. The van der Waals surface area contributed by atoms with E-state index >= 15 is 0 Å². The molecular formula is C14H11BrN2O. The predicted molar refractivity (Wildman–Crippen MR) is 74.4 cm³/mol. The number of hydrogen-bond acceptors (Lipinski definition) is 3. The van der Waals surface area contributed by atoms with Crippen LogP contribution in [0.1, 0.15) is 11.1 Å². The Bertz CT molecular complexity index is 719. The number of aryl methyl sites for hydroxylation is 1. The second kappa shape index (κ2) is 4.21. The summed E-state index contributed by atoms with van der Waals surface area (Å²) in [6, 6.07) is 5.85. The summed E-state index contributed by atoms with van der Waals surface area (Å²) in [7, 11) is 0. The molecule has 18 heavy (non-hydrogen) atoms. The molecule has 2 heterocycles. The monoisotopic (exact) mass is 302 g/mol. The lowest BCUT2D eigenvalue weighted by atomic mass is 10.1. The molecule has 3 nitrogen and oxygen atoms in total. The summed E-state index contributed by atoms with van der Waals surface area (Å²) in [5.41, 5.74) is 4.91. The van der Waals surface area contributed by atoms with Crippen LogP contribution in [0.3, 0.4) is 0 Å². The quantitative estimate of drug-likeness (QED) is 0.674. The summed E-state index contributed by atoms with van der Waals surface area (Å²) in [4.78, 5) is 8.59. The summed E-state index contributed by atoms with van der Waals surface area (Å²) in [6.07, 6.45) is 3.48. The Kier molecular flexibility index (Phi) is 2.67. The second-order valence-electron chi connectivity index (χ2n) is 4.24. The van der Waals surface area contributed by atoms with Crippen molar-refractivity contribution in [2.75, 3.05) is 0 Å². The molecule has 0 aliphatic rings. The molecule has 0 N–H and O–H groups in total. The number of oxazole rings is 1. The molecule has 3 aromatic rings. The summed E-state index contributed by atoms with van der Waals surface area (Å²) >= 11 is 3.57. The van der Waals surface area contributed by atoms with Crippen LogP contribution in [0.15, 0.2) is 39.5 Å². The fraction of sp³-hybridized carbons (Fsp3) is 0.143. The van der Waals surface area contributed by atoms with Gasteiger partial charge in [0.25, 0.3) is 0 Å². The molecule has 0 bridgehead atoms. The molecule has 0 unspecified atom stereocenters. The van der Waals surface area contributed by atoms with Crippen molar-refractivity contribution in [3.63, 3.8) is 0 Å². The topological polar surface area (TPSA) is 38.9 Å². The largest absolute Gasteiger partial charge is 0.435 e. The van der Waals surface area contributed by atoms with Crippen molar-refractivity contribution in [3.05, 3.63) is 46.2 Å². The van der Waals surface area contributed by atoms with Crippen molar-refractivity contribution in [2.24, 2.45) is 0 Å². The van der Waals surface area contributed by atoms with Crippen molar-refractivity contribution < 1.29 is 4.42 Å². The predicted octanol–water partition coefficient (Wildman–Crippen LogP) is 4.27. The molecule has 0 aliphatic heterocycles. The summed E-state index contributed by atoms with van der Waals surface area (Å²) < 4.78 is 6.80. The number of halogens is 1. The molecule has 3 rings (SSSR count). The molecule has 0 amide bonds. The normalized spacial score (nSPS) is 11.1. The highest BCUT2D eigenvalue weighted by Gasteiger charge is 2.13. The zero-order valence-electron chi connectivity index (χ0n) is 10.1. The zero-order valence-corrected chi connectivity index (χ0v) is 11.7. The highest BCUT2D eigenvalue weighted by Crippen LogP contribution is 2.33. The molecular weight excluding hydrogens is 292 g/mol. The molecule has 0 fully saturated rings. The summed E-state index contributed by atoms with van der Waals surface area (Å²) in [5.74, 6) is 0.601. The third-order valence-electron chi connectivity index (χ3n) is 3.04. The Labute approximate surface area is 113 Å². The van der Waals surface area contributed by atoms with E-state index in [1.54, 1.807) is 12.4 Å². The fourth-order valence-electron chi connectivity index (χ4n) is 1.86. The molecule has 2 aromatic heterocycles. The Morgan fingerprint density at radius 2 is 2.11 bits per heavy atom. The first-order valence-corrected chi connectivity index (χ1v) is 6.43. The molecule has 0 atom stereocenters. The summed E-state index contributed by atoms with van der Waals surface area (Å²) in [5, 5.41) is 0. The molecule has 0 aliphatic carbocycles. The molecule has 4 heteroatoms. The molecule has 0 spiro atoms. The Morgan fingerprint density at radius 3 is 2.83 bits per heavy atom. The Morgan fingerprint density at radius 1 is 1.28 bits per heavy atom. The number of pyridine rings is 1. The van der Waals surface area contributed by atoms with Gasteiger partial charge in [-0.3, -0.25) is 4.98 Å². The minimum atomic E-state index is 0.601. The first-order chi connectivity index (χ1) is 8.66. The standard InChI is InChI=1S/C14H11BrN2O/c1-8-6-11-13(12(15)9(8)2)18-14(17-11)10-4-3-5-16-7-10/h3-7H,1-2H3. The van der Waals surface area contributed by atoms with Crippen LogP contribution in [0, 0.1) is 13.8 Å². The number of benzene rings is 1. The first kappa shape index (κ1) is 11.4. The number of rotatable bonds is 1. The van der Waals surface area contributed by atoms with Gasteiger partial charge in [0.2, 0.25) is 5.89 Å². The molecule has 1 aromatic carbocycles. The third-order valence-corrected chi connectivity index (χ3v) is 3.99. The highest BCUT2D eigenvalue weighted by atomic mass is 79.9. The van der Waals surface area contributed by atoms with Crippen LogP contribution in [0.25, 0.3) is 22.6 Å². The van der Waals surface area contributed by atoms with Gasteiger partial charge in [-0.15, -0.1) is 0 Å². The maximum absolute atomic E-state index is 5.82. The van der Waals surface area contributed by atoms with Gasteiger partial charge in [-0.25, -0.2) is 4.98 Å². The van der Waals surface area contributed by atoms with E-state index in [4.69, 9.17) is 4.42 Å². The van der Waals surface area contributed by atoms with Crippen LogP contribution < -0.4 is 0 Å². The molecule has 0 saturated carbocycles. The second-order valence-corrected chi connectivity index (χ2v) is 5.03. The van der Waals surface area contributed by atoms with Gasteiger partial charge in [0.1, 0.15) is 5.52 Å². The van der Waals surface area contributed by atoms with E-state index in [1.165, 1.54) is 11.1 Å². The van der Waals surface area contributed by atoms with Crippen LogP contribution in [-0.4, -0.2) is 9.97 Å². The van der Waals surface area contributed by atoms with Crippen molar-refractivity contribution >= 4 is 27.0 Å². The smallest absolute Gasteiger partial charge is 0.228 e. The van der Waals surface area contributed by atoms with Gasteiger partial charge in [-0.05, 0) is 59.1 Å². The van der Waals surface area contributed by atoms with Crippen LogP contribution in [-0.2, 0) is 0 Å². The third kappa shape index (κ3) is 1.73. The number of fused-ring (bicyclic) bond motifs is 1. The van der Waals surface area contributed by atoms with Crippen molar-refractivity contribution in [3.8, 4) is 11.5 Å². The molecule has 0 radical (unpaired) electrons. The van der Waals surface area contributed by atoms with E-state index in [2.05, 4.69) is 39.7 Å². The average Bonchev–Trinajstić information content (AvgIpc) is 2.81. The van der Waals surface area contributed by atoms with Crippen LogP contribution in [0.2, 0.25) is 0 Å². The van der Waals surface area contributed by atoms with E-state index in [-0.39, 0.29) is 0 Å². The SMILES string of the molecule is Cc1cc2nc(-c3cccnc3)oc2c(Br)c1C. The molecule has 90 valence electrons.